The van der Waals surface area contributed by atoms with Crippen LogP contribution in [0.1, 0.15) is 18.9 Å². The standard InChI is InChI=1S/C20H19N3O/c1-13-6-8-14(9-7-13)20(24)23-17-12-15-4-2-10-21-18(15)19-16(17)5-3-11-22-19/h2-8,11-12,14,21H,9-10H2,1H3,(H,23,24). The molecule has 1 amide bonds. The minimum Gasteiger partial charge on any atom is -0.379 e. The fourth-order valence-corrected chi connectivity index (χ4v) is 3.18. The zero-order valence-electron chi connectivity index (χ0n) is 13.5. The third kappa shape index (κ3) is 2.60. The van der Waals surface area contributed by atoms with Crippen LogP contribution in [0.25, 0.3) is 17.0 Å². The summed E-state index contributed by atoms with van der Waals surface area (Å²) < 4.78 is 0. The molecule has 0 bridgehead atoms. The molecule has 1 unspecified atom stereocenters. The van der Waals surface area contributed by atoms with Gasteiger partial charge in [-0.25, -0.2) is 0 Å². The van der Waals surface area contributed by atoms with Gasteiger partial charge in [0.15, 0.2) is 0 Å². The van der Waals surface area contributed by atoms with Gasteiger partial charge in [-0.15, -0.1) is 0 Å². The Morgan fingerprint density at radius 1 is 1.38 bits per heavy atom. The maximum atomic E-state index is 12.6. The second kappa shape index (κ2) is 5.96. The highest BCUT2D eigenvalue weighted by Crippen LogP contribution is 2.35. The average molecular weight is 317 g/mol. The number of aromatic nitrogens is 1. The maximum absolute atomic E-state index is 12.6. The number of benzene rings is 1. The Balaban J connectivity index is 1.71. The monoisotopic (exact) mass is 317 g/mol. The number of nitrogens with one attached hydrogen (secondary N) is 2. The molecule has 4 heteroatoms. The van der Waals surface area contributed by atoms with Crippen molar-refractivity contribution in [2.45, 2.75) is 13.3 Å². The van der Waals surface area contributed by atoms with Gasteiger partial charge in [-0.05, 0) is 31.5 Å². The van der Waals surface area contributed by atoms with Gasteiger partial charge in [-0.1, -0.05) is 36.0 Å². The second-order valence-corrected chi connectivity index (χ2v) is 6.21. The van der Waals surface area contributed by atoms with E-state index in [0.29, 0.717) is 0 Å². The highest BCUT2D eigenvalue weighted by molar-refractivity contribution is 6.08. The first kappa shape index (κ1) is 14.7. The molecule has 0 saturated heterocycles. The molecule has 2 aliphatic rings. The molecule has 1 aromatic carbocycles. The number of hydrogen-bond acceptors (Lipinski definition) is 3. The molecule has 2 N–H and O–H groups in total. The van der Waals surface area contributed by atoms with Crippen molar-refractivity contribution in [3.05, 3.63) is 59.8 Å². The van der Waals surface area contributed by atoms with E-state index in [1.807, 2.05) is 37.3 Å². The van der Waals surface area contributed by atoms with Crippen LogP contribution in [0.15, 0.2) is 54.3 Å². The van der Waals surface area contributed by atoms with Crippen LogP contribution in [0.4, 0.5) is 11.4 Å². The summed E-state index contributed by atoms with van der Waals surface area (Å²) in [4.78, 5) is 17.2. The highest BCUT2D eigenvalue weighted by atomic mass is 16.1. The SMILES string of the molecule is CC1=CCC(C(=O)Nc2cc3c(c4ncccc24)NCC=C3)C=C1. The van der Waals surface area contributed by atoms with E-state index in [1.165, 1.54) is 5.57 Å². The number of amides is 1. The van der Waals surface area contributed by atoms with Gasteiger partial charge in [-0.2, -0.15) is 0 Å². The summed E-state index contributed by atoms with van der Waals surface area (Å²) in [6, 6.07) is 5.92. The van der Waals surface area contributed by atoms with Crippen LogP contribution < -0.4 is 10.6 Å². The Morgan fingerprint density at radius 3 is 3.12 bits per heavy atom. The van der Waals surface area contributed by atoms with Gasteiger partial charge in [-0.3, -0.25) is 9.78 Å². The number of anilines is 2. The van der Waals surface area contributed by atoms with Crippen LogP contribution in [-0.4, -0.2) is 17.4 Å². The predicted molar refractivity (Wildman–Crippen MR) is 98.9 cm³/mol. The number of carbonyl (C=O) groups is 1. The summed E-state index contributed by atoms with van der Waals surface area (Å²) in [5.74, 6) is -0.0991. The van der Waals surface area contributed by atoms with Crippen LogP contribution in [0.3, 0.4) is 0 Å². The molecule has 0 saturated carbocycles. The lowest BCUT2D eigenvalue weighted by Gasteiger charge is -2.20. The van der Waals surface area contributed by atoms with Crippen LogP contribution in [0, 0.1) is 5.92 Å². The van der Waals surface area contributed by atoms with Crippen LogP contribution >= 0.6 is 0 Å². The van der Waals surface area contributed by atoms with Crippen molar-refractivity contribution < 1.29 is 4.79 Å². The molecule has 1 aliphatic heterocycles. The zero-order valence-corrected chi connectivity index (χ0v) is 13.5. The maximum Gasteiger partial charge on any atom is 0.231 e. The van der Waals surface area contributed by atoms with E-state index < -0.39 is 0 Å². The van der Waals surface area contributed by atoms with Gasteiger partial charge in [0.25, 0.3) is 0 Å². The molecule has 1 aliphatic carbocycles. The lowest BCUT2D eigenvalue weighted by atomic mass is 9.96. The van der Waals surface area contributed by atoms with Crippen molar-refractivity contribution in [3.8, 4) is 0 Å². The Hall–Kier alpha value is -2.88. The minimum atomic E-state index is -0.120. The van der Waals surface area contributed by atoms with Gasteiger partial charge < -0.3 is 10.6 Å². The number of allylic oxidation sites excluding steroid dienone is 3. The van der Waals surface area contributed by atoms with Gasteiger partial charge in [0.2, 0.25) is 5.91 Å². The predicted octanol–water partition coefficient (Wildman–Crippen LogP) is 4.13. The first-order chi connectivity index (χ1) is 11.7. The van der Waals surface area contributed by atoms with Gasteiger partial charge in [0, 0.05) is 23.7 Å². The molecule has 4 rings (SSSR count). The zero-order chi connectivity index (χ0) is 16.5. The molecule has 0 fully saturated rings. The molecule has 2 heterocycles. The third-order valence-corrected chi connectivity index (χ3v) is 4.50. The van der Waals surface area contributed by atoms with E-state index in [-0.39, 0.29) is 11.8 Å². The second-order valence-electron chi connectivity index (χ2n) is 6.21. The third-order valence-electron chi connectivity index (χ3n) is 4.50. The quantitative estimate of drug-likeness (QED) is 0.875. The number of pyridine rings is 1. The molecule has 0 radical (unpaired) electrons. The Labute approximate surface area is 141 Å². The van der Waals surface area contributed by atoms with Crippen molar-refractivity contribution in [1.29, 1.82) is 0 Å². The van der Waals surface area contributed by atoms with Gasteiger partial charge in [0.05, 0.1) is 22.8 Å². The summed E-state index contributed by atoms with van der Waals surface area (Å²) in [6.45, 7) is 2.84. The van der Waals surface area contributed by atoms with Crippen LogP contribution in [-0.2, 0) is 4.79 Å². The fourth-order valence-electron chi connectivity index (χ4n) is 3.18. The van der Waals surface area contributed by atoms with Crippen LogP contribution in [0.5, 0.6) is 0 Å². The summed E-state index contributed by atoms with van der Waals surface area (Å²) >= 11 is 0. The van der Waals surface area contributed by atoms with Crippen molar-refractivity contribution in [2.75, 3.05) is 17.2 Å². The average Bonchev–Trinajstić information content (AvgIpc) is 2.62. The summed E-state index contributed by atoms with van der Waals surface area (Å²) in [5.41, 5.74) is 5.00. The summed E-state index contributed by atoms with van der Waals surface area (Å²) in [5, 5.41) is 7.43. The lowest BCUT2D eigenvalue weighted by Crippen LogP contribution is -2.22. The first-order valence-electron chi connectivity index (χ1n) is 8.20. The summed E-state index contributed by atoms with van der Waals surface area (Å²) in [6.07, 6.45) is 12.8. The normalized spacial score (nSPS) is 18.7. The number of hydrogen-bond donors (Lipinski definition) is 2. The molecule has 120 valence electrons. The van der Waals surface area contributed by atoms with E-state index in [0.717, 1.165) is 40.8 Å². The minimum absolute atomic E-state index is 0.0212. The van der Waals surface area contributed by atoms with Gasteiger partial charge >= 0.3 is 0 Å². The number of carbonyl (C=O) groups excluding carboxylic acids is 1. The Bertz CT molecular complexity index is 908. The molecule has 2 aromatic rings. The molecule has 1 aromatic heterocycles. The molecule has 4 nitrogen and oxygen atoms in total. The van der Waals surface area contributed by atoms with E-state index in [2.05, 4.69) is 33.8 Å². The molecular weight excluding hydrogens is 298 g/mol. The van der Waals surface area contributed by atoms with Crippen molar-refractivity contribution in [2.24, 2.45) is 5.92 Å². The number of fused-ring (bicyclic) bond motifs is 3. The number of nitrogens with zero attached hydrogens (tertiary/aromatic N) is 1. The van der Waals surface area contributed by atoms with Crippen molar-refractivity contribution in [1.82, 2.24) is 4.98 Å². The smallest absolute Gasteiger partial charge is 0.231 e. The molecule has 0 spiro atoms. The highest BCUT2D eigenvalue weighted by Gasteiger charge is 2.19. The first-order valence-corrected chi connectivity index (χ1v) is 8.20. The van der Waals surface area contributed by atoms with Gasteiger partial charge in [0.1, 0.15) is 0 Å². The molecular formula is C20H19N3O. The molecule has 24 heavy (non-hydrogen) atoms. The van der Waals surface area contributed by atoms with E-state index >= 15 is 0 Å². The lowest BCUT2D eigenvalue weighted by molar-refractivity contribution is -0.118. The number of rotatable bonds is 2. The van der Waals surface area contributed by atoms with E-state index in [1.54, 1.807) is 6.20 Å². The van der Waals surface area contributed by atoms with Crippen molar-refractivity contribution in [3.63, 3.8) is 0 Å². The topological polar surface area (TPSA) is 54.0 Å². The summed E-state index contributed by atoms with van der Waals surface area (Å²) in [7, 11) is 0. The van der Waals surface area contributed by atoms with Crippen molar-refractivity contribution >= 4 is 34.3 Å². The molecule has 1 atom stereocenters. The van der Waals surface area contributed by atoms with Crippen LogP contribution in [0.2, 0.25) is 0 Å². The fraction of sp³-hybridized carbons (Fsp3) is 0.200. The largest absolute Gasteiger partial charge is 0.379 e. The Kier molecular flexibility index (Phi) is 3.65. The van der Waals surface area contributed by atoms with E-state index in [9.17, 15) is 4.79 Å². The van der Waals surface area contributed by atoms with E-state index in [4.69, 9.17) is 0 Å². The Morgan fingerprint density at radius 2 is 2.29 bits per heavy atom.